The average Bonchev–Trinajstić information content (AvgIpc) is 3.05. The standard InChI is InChI=1S/C31H34F16N2O5/c1-2-3-4-7-15-52-23-16-48-24(49-17-23)20-10-12-22(13-11-20)51-14-8-5-6-9-21(32)18-50-19-25(33,34)53-30(44,45)31(46,47)54-29(42,43)27(37,38)26(35,36)28(39,40)41/h10-13,16-17,21H,2-9,14-15,18-19H2,1H3. The van der Waals surface area contributed by atoms with Crippen LogP contribution in [0.3, 0.4) is 0 Å². The molecular formula is C31H34F16N2O5. The molecule has 1 aromatic carbocycles. The Balaban J connectivity index is 1.72. The van der Waals surface area contributed by atoms with Gasteiger partial charge >= 0.3 is 42.5 Å². The average molecular weight is 819 g/mol. The van der Waals surface area contributed by atoms with Crippen molar-refractivity contribution in [1.29, 1.82) is 0 Å². The van der Waals surface area contributed by atoms with E-state index in [1.807, 2.05) is 0 Å². The second-order valence-corrected chi connectivity index (χ2v) is 11.5. The van der Waals surface area contributed by atoms with Crippen LogP contribution in [0.4, 0.5) is 70.2 Å². The highest BCUT2D eigenvalue weighted by molar-refractivity contribution is 5.56. The van der Waals surface area contributed by atoms with Crippen molar-refractivity contribution in [3.05, 3.63) is 36.7 Å². The molecule has 1 heterocycles. The van der Waals surface area contributed by atoms with Crippen LogP contribution in [-0.2, 0) is 14.2 Å². The minimum atomic E-state index is -7.95. The molecule has 0 aliphatic heterocycles. The van der Waals surface area contributed by atoms with Crippen molar-refractivity contribution in [1.82, 2.24) is 9.97 Å². The predicted molar refractivity (Wildman–Crippen MR) is 155 cm³/mol. The van der Waals surface area contributed by atoms with Gasteiger partial charge in [-0.25, -0.2) is 23.8 Å². The van der Waals surface area contributed by atoms with Gasteiger partial charge in [0.2, 0.25) is 0 Å². The predicted octanol–water partition coefficient (Wildman–Crippen LogP) is 10.6. The summed E-state index contributed by atoms with van der Waals surface area (Å²) in [4.78, 5) is 8.55. The van der Waals surface area contributed by atoms with Gasteiger partial charge in [-0.1, -0.05) is 32.6 Å². The second kappa shape index (κ2) is 19.0. The van der Waals surface area contributed by atoms with Crippen molar-refractivity contribution in [3.8, 4) is 22.9 Å². The normalized spacial score (nSPS) is 14.3. The maximum absolute atomic E-state index is 14.0. The number of rotatable bonds is 25. The van der Waals surface area contributed by atoms with E-state index in [4.69, 9.17) is 9.47 Å². The van der Waals surface area contributed by atoms with Gasteiger partial charge in [0.1, 0.15) is 18.5 Å². The summed E-state index contributed by atoms with van der Waals surface area (Å²) >= 11 is 0. The smallest absolute Gasteiger partial charge is 0.460 e. The lowest BCUT2D eigenvalue weighted by molar-refractivity contribution is -0.543. The lowest BCUT2D eigenvalue weighted by Gasteiger charge is -2.36. The van der Waals surface area contributed by atoms with Gasteiger partial charge in [-0.3, -0.25) is 0 Å². The van der Waals surface area contributed by atoms with Crippen molar-refractivity contribution >= 4 is 0 Å². The van der Waals surface area contributed by atoms with E-state index in [1.54, 1.807) is 41.4 Å². The first-order valence-corrected chi connectivity index (χ1v) is 15.9. The first-order valence-electron chi connectivity index (χ1n) is 15.9. The maximum atomic E-state index is 14.0. The van der Waals surface area contributed by atoms with Crippen LogP contribution < -0.4 is 9.47 Å². The summed E-state index contributed by atoms with van der Waals surface area (Å²) in [5.74, 6) is -14.3. The van der Waals surface area contributed by atoms with Crippen LogP contribution in [0.5, 0.6) is 11.5 Å². The fourth-order valence-electron chi connectivity index (χ4n) is 4.10. The number of aromatic nitrogens is 2. The fourth-order valence-corrected chi connectivity index (χ4v) is 4.10. The SMILES string of the molecule is CCCCCCOc1cnc(-c2ccc(OCCCCCC(F)COCC(F)(F)OC(F)(F)C(F)(F)OC(F)(F)C(F)(F)C(F)(F)C(F)(F)F)cc2)nc1. The number of nitrogens with zero attached hydrogens (tertiary/aromatic N) is 2. The molecule has 7 nitrogen and oxygen atoms in total. The van der Waals surface area contributed by atoms with Gasteiger partial charge in [-0.2, -0.15) is 65.9 Å². The van der Waals surface area contributed by atoms with Crippen LogP contribution in [0.1, 0.15) is 58.3 Å². The number of halogens is 16. The summed E-state index contributed by atoms with van der Waals surface area (Å²) in [5.41, 5.74) is 0.697. The molecule has 0 saturated carbocycles. The number of unbranched alkanes of at least 4 members (excludes halogenated alkanes) is 5. The third-order valence-electron chi connectivity index (χ3n) is 7.00. The highest BCUT2D eigenvalue weighted by atomic mass is 19.4. The van der Waals surface area contributed by atoms with Crippen LogP contribution in [0.25, 0.3) is 11.4 Å². The highest BCUT2D eigenvalue weighted by Gasteiger charge is 2.85. The molecule has 0 amide bonds. The van der Waals surface area contributed by atoms with Crippen molar-refractivity contribution in [2.45, 2.75) is 107 Å². The Kier molecular flexibility index (Phi) is 16.5. The molecule has 1 aromatic heterocycles. The number of benzene rings is 1. The molecule has 23 heteroatoms. The highest BCUT2D eigenvalue weighted by Crippen LogP contribution is 2.56. The molecule has 2 rings (SSSR count). The maximum Gasteiger partial charge on any atom is 0.460 e. The van der Waals surface area contributed by atoms with Crippen LogP contribution in [0, 0.1) is 0 Å². The van der Waals surface area contributed by atoms with Crippen LogP contribution in [0.15, 0.2) is 36.7 Å². The van der Waals surface area contributed by atoms with E-state index in [0.717, 1.165) is 25.7 Å². The lowest BCUT2D eigenvalue weighted by atomic mass is 10.1. The molecular weight excluding hydrogens is 784 g/mol. The van der Waals surface area contributed by atoms with Gasteiger partial charge < -0.3 is 14.2 Å². The quantitative estimate of drug-likeness (QED) is 0.0730. The Morgan fingerprint density at radius 1 is 0.593 bits per heavy atom. The Hall–Kier alpha value is -3.34. The van der Waals surface area contributed by atoms with Crippen molar-refractivity contribution < 1.29 is 93.9 Å². The molecule has 0 fully saturated rings. The Morgan fingerprint density at radius 2 is 1.11 bits per heavy atom. The number of hydrogen-bond acceptors (Lipinski definition) is 7. The van der Waals surface area contributed by atoms with Crippen LogP contribution >= 0.6 is 0 Å². The molecule has 0 aliphatic rings. The minimum Gasteiger partial charge on any atom is -0.494 e. The van der Waals surface area contributed by atoms with E-state index in [1.165, 1.54) is 0 Å². The van der Waals surface area contributed by atoms with E-state index >= 15 is 0 Å². The molecule has 0 saturated heterocycles. The molecule has 0 bridgehead atoms. The largest absolute Gasteiger partial charge is 0.494 e. The molecule has 0 radical (unpaired) electrons. The summed E-state index contributed by atoms with van der Waals surface area (Å²) in [6.45, 7) is -0.889. The minimum absolute atomic E-state index is 0.114. The Bertz CT molecular complexity index is 1400. The van der Waals surface area contributed by atoms with Crippen LogP contribution in [0.2, 0.25) is 0 Å². The van der Waals surface area contributed by atoms with Gasteiger partial charge in [0, 0.05) is 5.56 Å². The Morgan fingerprint density at radius 3 is 1.65 bits per heavy atom. The summed E-state index contributed by atoms with van der Waals surface area (Å²) < 4.78 is 229. The number of ether oxygens (including phenoxy) is 5. The topological polar surface area (TPSA) is 71.9 Å². The zero-order valence-electron chi connectivity index (χ0n) is 28.0. The summed E-state index contributed by atoms with van der Waals surface area (Å²) in [6.07, 6.45) is -29.5. The van der Waals surface area contributed by atoms with E-state index < -0.39 is 61.8 Å². The van der Waals surface area contributed by atoms with Gasteiger partial charge in [0.25, 0.3) is 0 Å². The molecule has 2 aromatic rings. The molecule has 54 heavy (non-hydrogen) atoms. The Labute approximate surface area is 297 Å². The van der Waals surface area contributed by atoms with E-state index in [2.05, 4.69) is 26.4 Å². The zero-order chi connectivity index (χ0) is 41.1. The van der Waals surface area contributed by atoms with Gasteiger partial charge in [-0.05, 0) is 49.9 Å². The van der Waals surface area contributed by atoms with E-state index in [0.29, 0.717) is 42.3 Å². The summed E-state index contributed by atoms with van der Waals surface area (Å²) in [6, 6.07) is 6.74. The van der Waals surface area contributed by atoms with Gasteiger partial charge in [-0.15, -0.1) is 0 Å². The molecule has 310 valence electrons. The molecule has 0 aliphatic carbocycles. The fraction of sp³-hybridized carbons (Fsp3) is 0.677. The van der Waals surface area contributed by atoms with Gasteiger partial charge in [0.15, 0.2) is 11.6 Å². The summed E-state index contributed by atoms with van der Waals surface area (Å²) in [7, 11) is 0. The molecule has 1 atom stereocenters. The van der Waals surface area contributed by atoms with Crippen LogP contribution in [-0.4, -0.2) is 85.0 Å². The van der Waals surface area contributed by atoms with E-state index in [-0.39, 0.29) is 19.4 Å². The van der Waals surface area contributed by atoms with Crippen molar-refractivity contribution in [2.24, 2.45) is 0 Å². The molecule has 0 spiro atoms. The second-order valence-electron chi connectivity index (χ2n) is 11.5. The molecule has 1 unspecified atom stereocenters. The number of hydrogen-bond donors (Lipinski definition) is 0. The van der Waals surface area contributed by atoms with Crippen molar-refractivity contribution in [2.75, 3.05) is 26.4 Å². The first-order chi connectivity index (χ1) is 24.8. The lowest BCUT2D eigenvalue weighted by Crippen LogP contribution is -2.64. The first kappa shape index (κ1) is 46.8. The van der Waals surface area contributed by atoms with Gasteiger partial charge in [0.05, 0.1) is 32.2 Å². The number of alkyl halides is 16. The van der Waals surface area contributed by atoms with E-state index in [9.17, 15) is 70.2 Å². The van der Waals surface area contributed by atoms with Crippen molar-refractivity contribution in [3.63, 3.8) is 0 Å². The zero-order valence-corrected chi connectivity index (χ0v) is 28.0. The molecule has 0 N–H and O–H groups in total. The third-order valence-corrected chi connectivity index (χ3v) is 7.00. The monoisotopic (exact) mass is 818 g/mol. The third kappa shape index (κ3) is 13.2. The summed E-state index contributed by atoms with van der Waals surface area (Å²) in [5, 5.41) is 0.